The highest BCUT2D eigenvalue weighted by Crippen LogP contribution is 2.52. The third-order valence-electron chi connectivity index (χ3n) is 5.09. The predicted octanol–water partition coefficient (Wildman–Crippen LogP) is 2.99. The monoisotopic (exact) mass is 247 g/mol. The molecule has 2 saturated carbocycles. The van der Waals surface area contributed by atoms with Crippen molar-refractivity contribution < 1.29 is 0 Å². The summed E-state index contributed by atoms with van der Waals surface area (Å²) in [5.41, 5.74) is 1.17. The molecule has 2 aliphatic rings. The normalized spacial score (nSPS) is 32.0. The van der Waals surface area contributed by atoms with Crippen molar-refractivity contribution in [1.82, 2.24) is 14.9 Å². The van der Waals surface area contributed by atoms with Gasteiger partial charge in [-0.3, -0.25) is 0 Å². The van der Waals surface area contributed by atoms with E-state index >= 15 is 0 Å². The molecule has 1 N–H and O–H groups in total. The average molecular weight is 247 g/mol. The Morgan fingerprint density at radius 1 is 1.44 bits per heavy atom. The predicted molar refractivity (Wildman–Crippen MR) is 73.3 cm³/mol. The summed E-state index contributed by atoms with van der Waals surface area (Å²) in [5, 5.41) is 3.34. The number of imidazole rings is 1. The number of aromatic nitrogens is 2. The number of hydrogen-bond acceptors (Lipinski definition) is 2. The fraction of sp³-hybridized carbons (Fsp3) is 0.800. The highest BCUT2D eigenvalue weighted by molar-refractivity contribution is 5.00. The second-order valence-electron chi connectivity index (χ2n) is 6.17. The lowest BCUT2D eigenvalue weighted by atomic mass is 9.84. The van der Waals surface area contributed by atoms with E-state index in [9.17, 15) is 0 Å². The van der Waals surface area contributed by atoms with E-state index in [1.165, 1.54) is 31.4 Å². The molecule has 100 valence electrons. The maximum absolute atomic E-state index is 4.51. The van der Waals surface area contributed by atoms with Gasteiger partial charge in [-0.15, -0.1) is 0 Å². The van der Waals surface area contributed by atoms with Crippen LogP contribution in [0.2, 0.25) is 0 Å². The molecule has 0 spiro atoms. The molecule has 4 unspecified atom stereocenters. The van der Waals surface area contributed by atoms with Crippen LogP contribution in [0.3, 0.4) is 0 Å². The van der Waals surface area contributed by atoms with Crippen LogP contribution in [0.15, 0.2) is 12.5 Å². The van der Waals surface area contributed by atoms with Gasteiger partial charge in [0.1, 0.15) is 0 Å². The van der Waals surface area contributed by atoms with Crippen LogP contribution in [0.5, 0.6) is 0 Å². The summed E-state index contributed by atoms with van der Waals surface area (Å²) in [7, 11) is 0. The highest BCUT2D eigenvalue weighted by atomic mass is 15.1. The van der Waals surface area contributed by atoms with Gasteiger partial charge in [0, 0.05) is 18.8 Å². The van der Waals surface area contributed by atoms with Crippen LogP contribution in [0.25, 0.3) is 0 Å². The molecule has 1 aromatic heterocycles. The second kappa shape index (κ2) is 5.04. The molecule has 0 saturated heterocycles. The first-order chi connectivity index (χ1) is 8.78. The Bertz CT molecular complexity index is 398. The Labute approximate surface area is 110 Å². The van der Waals surface area contributed by atoms with Gasteiger partial charge >= 0.3 is 0 Å². The van der Waals surface area contributed by atoms with Crippen LogP contribution in [0, 0.1) is 17.8 Å². The first-order valence-corrected chi connectivity index (χ1v) is 7.51. The Morgan fingerprint density at radius 3 is 3.00 bits per heavy atom. The molecule has 1 heterocycles. The molecular weight excluding hydrogens is 222 g/mol. The summed E-state index contributed by atoms with van der Waals surface area (Å²) < 4.78 is 2.35. The third-order valence-corrected chi connectivity index (χ3v) is 5.09. The van der Waals surface area contributed by atoms with Gasteiger partial charge < -0.3 is 9.88 Å². The van der Waals surface area contributed by atoms with E-state index in [1.807, 2.05) is 6.33 Å². The van der Waals surface area contributed by atoms with Crippen LogP contribution in [0.4, 0.5) is 0 Å². The van der Waals surface area contributed by atoms with Crippen molar-refractivity contribution >= 4 is 0 Å². The van der Waals surface area contributed by atoms with E-state index in [0.717, 1.165) is 30.8 Å². The molecule has 2 fully saturated rings. The third kappa shape index (κ3) is 2.20. The van der Waals surface area contributed by atoms with Gasteiger partial charge in [-0.2, -0.15) is 0 Å². The van der Waals surface area contributed by atoms with Crippen LogP contribution in [-0.4, -0.2) is 16.1 Å². The van der Waals surface area contributed by atoms with E-state index in [1.54, 1.807) is 0 Å². The molecule has 0 radical (unpaired) electrons. The summed E-state index contributed by atoms with van der Waals surface area (Å²) in [4.78, 5) is 4.51. The van der Waals surface area contributed by atoms with Crippen molar-refractivity contribution in [2.45, 2.75) is 52.1 Å². The van der Waals surface area contributed by atoms with Gasteiger partial charge in [0.2, 0.25) is 0 Å². The fourth-order valence-corrected chi connectivity index (χ4v) is 4.05. The van der Waals surface area contributed by atoms with Gasteiger partial charge in [0.05, 0.1) is 12.0 Å². The van der Waals surface area contributed by atoms with Gasteiger partial charge in [-0.1, -0.05) is 13.3 Å². The summed E-state index contributed by atoms with van der Waals surface area (Å²) in [6.45, 7) is 6.42. The number of rotatable bonds is 5. The van der Waals surface area contributed by atoms with Crippen LogP contribution < -0.4 is 5.32 Å². The molecule has 2 bridgehead atoms. The molecule has 1 aromatic rings. The molecule has 4 atom stereocenters. The minimum Gasteiger partial charge on any atom is -0.334 e. The minimum atomic E-state index is 0.628. The SMILES string of the molecule is CCNCc1cn(C(C)C2CC3CCC2C3)cn1. The van der Waals surface area contributed by atoms with Crippen molar-refractivity contribution in [3.05, 3.63) is 18.2 Å². The molecule has 0 aromatic carbocycles. The highest BCUT2D eigenvalue weighted by Gasteiger charge is 2.42. The van der Waals surface area contributed by atoms with Gasteiger partial charge in [-0.05, 0) is 50.5 Å². The Morgan fingerprint density at radius 2 is 2.33 bits per heavy atom. The standard InChI is InChI=1S/C15H25N3/c1-3-16-8-14-9-18(10-17-14)11(2)15-7-12-4-5-13(15)6-12/h9-13,15-16H,3-8H2,1-2H3. The molecule has 18 heavy (non-hydrogen) atoms. The smallest absolute Gasteiger partial charge is 0.0952 e. The topological polar surface area (TPSA) is 29.9 Å². The zero-order chi connectivity index (χ0) is 12.5. The molecule has 3 nitrogen and oxygen atoms in total. The average Bonchev–Trinajstić information content (AvgIpc) is 3.10. The summed E-state index contributed by atoms with van der Waals surface area (Å²) in [5.74, 6) is 2.92. The Kier molecular flexibility index (Phi) is 3.42. The number of nitrogens with zero attached hydrogens (tertiary/aromatic N) is 2. The van der Waals surface area contributed by atoms with Crippen molar-refractivity contribution in [2.75, 3.05) is 6.54 Å². The zero-order valence-corrected chi connectivity index (χ0v) is 11.6. The number of hydrogen-bond donors (Lipinski definition) is 1. The second-order valence-corrected chi connectivity index (χ2v) is 6.17. The minimum absolute atomic E-state index is 0.628. The van der Waals surface area contributed by atoms with E-state index in [2.05, 4.69) is 34.9 Å². The lowest BCUT2D eigenvalue weighted by Crippen LogP contribution is -2.21. The molecule has 0 aliphatic heterocycles. The largest absolute Gasteiger partial charge is 0.334 e. The maximum atomic E-state index is 4.51. The van der Waals surface area contributed by atoms with Crippen LogP contribution >= 0.6 is 0 Å². The van der Waals surface area contributed by atoms with Gasteiger partial charge in [0.15, 0.2) is 0 Å². The van der Waals surface area contributed by atoms with E-state index in [4.69, 9.17) is 0 Å². The van der Waals surface area contributed by atoms with Crippen LogP contribution in [0.1, 0.15) is 51.3 Å². The summed E-state index contributed by atoms with van der Waals surface area (Å²) in [6, 6.07) is 0.628. The fourth-order valence-electron chi connectivity index (χ4n) is 4.05. The first-order valence-electron chi connectivity index (χ1n) is 7.51. The molecule has 3 rings (SSSR count). The molecule has 2 aliphatic carbocycles. The molecule has 0 amide bonds. The quantitative estimate of drug-likeness (QED) is 0.867. The Balaban J connectivity index is 1.65. The van der Waals surface area contributed by atoms with E-state index < -0.39 is 0 Å². The lowest BCUT2D eigenvalue weighted by molar-refractivity contribution is 0.242. The zero-order valence-electron chi connectivity index (χ0n) is 11.6. The van der Waals surface area contributed by atoms with Crippen molar-refractivity contribution in [3.63, 3.8) is 0 Å². The lowest BCUT2D eigenvalue weighted by Gasteiger charge is -2.28. The molecule has 3 heteroatoms. The van der Waals surface area contributed by atoms with Crippen molar-refractivity contribution in [2.24, 2.45) is 17.8 Å². The van der Waals surface area contributed by atoms with Gasteiger partial charge in [-0.25, -0.2) is 4.98 Å². The van der Waals surface area contributed by atoms with Crippen LogP contribution in [-0.2, 0) is 6.54 Å². The summed E-state index contributed by atoms with van der Waals surface area (Å²) in [6.07, 6.45) is 10.2. The first kappa shape index (κ1) is 12.2. The molecular formula is C15H25N3. The summed E-state index contributed by atoms with van der Waals surface area (Å²) >= 11 is 0. The van der Waals surface area contributed by atoms with Crippen molar-refractivity contribution in [1.29, 1.82) is 0 Å². The van der Waals surface area contributed by atoms with Crippen molar-refractivity contribution in [3.8, 4) is 0 Å². The van der Waals surface area contributed by atoms with E-state index in [0.29, 0.717) is 6.04 Å². The van der Waals surface area contributed by atoms with Gasteiger partial charge in [0.25, 0.3) is 0 Å². The Hall–Kier alpha value is -0.830. The van der Waals surface area contributed by atoms with E-state index in [-0.39, 0.29) is 0 Å². The maximum Gasteiger partial charge on any atom is 0.0952 e. The number of fused-ring (bicyclic) bond motifs is 2. The number of nitrogens with one attached hydrogen (secondary N) is 1.